The van der Waals surface area contributed by atoms with E-state index >= 15 is 0 Å². The van der Waals surface area contributed by atoms with Gasteiger partial charge in [-0.05, 0) is 56.4 Å². The first-order chi connectivity index (χ1) is 10.7. The molecule has 0 N–H and O–H groups in total. The molecular weight excluding hydrogens is 279 g/mol. The van der Waals surface area contributed by atoms with Crippen molar-refractivity contribution < 1.29 is 4.39 Å². The molecule has 2 aromatic rings. The maximum atomic E-state index is 13.0. The van der Waals surface area contributed by atoms with E-state index in [1.807, 2.05) is 12.1 Å². The normalized spacial score (nSPS) is 18.2. The van der Waals surface area contributed by atoms with Crippen molar-refractivity contribution in [1.29, 1.82) is 0 Å². The van der Waals surface area contributed by atoms with Crippen molar-refractivity contribution >= 4 is 5.82 Å². The first-order valence-electron chi connectivity index (χ1n) is 7.72. The fourth-order valence-corrected chi connectivity index (χ4v) is 2.84. The van der Waals surface area contributed by atoms with Crippen LogP contribution in [0.3, 0.4) is 0 Å². The van der Waals surface area contributed by atoms with Crippen molar-refractivity contribution in [3.05, 3.63) is 42.2 Å². The molecule has 1 aromatic carbocycles. The van der Waals surface area contributed by atoms with Crippen molar-refractivity contribution in [1.82, 2.24) is 15.1 Å². The molecule has 1 saturated heterocycles. The number of aromatic nitrogens is 2. The number of halogens is 1. The van der Waals surface area contributed by atoms with E-state index in [-0.39, 0.29) is 5.82 Å². The number of benzene rings is 1. The summed E-state index contributed by atoms with van der Waals surface area (Å²) in [6.07, 6.45) is 1.16. The van der Waals surface area contributed by atoms with Crippen LogP contribution in [0.2, 0.25) is 0 Å². The largest absolute Gasteiger partial charge is 0.354 e. The van der Waals surface area contributed by atoms with Gasteiger partial charge in [0.25, 0.3) is 0 Å². The molecule has 116 valence electrons. The van der Waals surface area contributed by atoms with Crippen molar-refractivity contribution in [2.75, 3.05) is 31.6 Å². The highest BCUT2D eigenvalue weighted by atomic mass is 19.1. The second-order valence-corrected chi connectivity index (χ2v) is 5.75. The SMILES string of the molecule is CCN(C)C1CCN(c2ccc(-c3ccc(F)cc3)nn2)C1. The smallest absolute Gasteiger partial charge is 0.151 e. The molecule has 5 heteroatoms. The Bertz CT molecular complexity index is 612. The number of hydrogen-bond donors (Lipinski definition) is 0. The molecule has 0 bridgehead atoms. The van der Waals surface area contributed by atoms with Crippen LogP contribution < -0.4 is 4.90 Å². The van der Waals surface area contributed by atoms with Crippen LogP contribution in [0, 0.1) is 5.82 Å². The van der Waals surface area contributed by atoms with Crippen LogP contribution in [0.4, 0.5) is 10.2 Å². The molecule has 1 fully saturated rings. The monoisotopic (exact) mass is 300 g/mol. The lowest BCUT2D eigenvalue weighted by Crippen LogP contribution is -2.34. The third kappa shape index (κ3) is 3.09. The Morgan fingerprint density at radius 1 is 1.18 bits per heavy atom. The van der Waals surface area contributed by atoms with Gasteiger partial charge in [-0.3, -0.25) is 0 Å². The van der Waals surface area contributed by atoms with Crippen LogP contribution in [0.15, 0.2) is 36.4 Å². The second-order valence-electron chi connectivity index (χ2n) is 5.75. The number of hydrogen-bond acceptors (Lipinski definition) is 4. The van der Waals surface area contributed by atoms with E-state index in [1.165, 1.54) is 12.1 Å². The number of nitrogens with zero attached hydrogens (tertiary/aromatic N) is 4. The third-order valence-corrected chi connectivity index (χ3v) is 4.40. The molecule has 1 atom stereocenters. The minimum absolute atomic E-state index is 0.239. The molecule has 1 aliphatic rings. The topological polar surface area (TPSA) is 32.3 Å². The molecule has 0 saturated carbocycles. The van der Waals surface area contributed by atoms with Gasteiger partial charge in [0, 0.05) is 24.7 Å². The van der Waals surface area contributed by atoms with E-state index in [4.69, 9.17) is 0 Å². The average Bonchev–Trinajstić information content (AvgIpc) is 3.05. The quantitative estimate of drug-likeness (QED) is 0.869. The second kappa shape index (κ2) is 6.40. The van der Waals surface area contributed by atoms with E-state index in [9.17, 15) is 4.39 Å². The Hall–Kier alpha value is -2.01. The highest BCUT2D eigenvalue weighted by Gasteiger charge is 2.25. The third-order valence-electron chi connectivity index (χ3n) is 4.40. The number of rotatable bonds is 4. The van der Waals surface area contributed by atoms with Gasteiger partial charge in [-0.2, -0.15) is 0 Å². The molecule has 4 nitrogen and oxygen atoms in total. The summed E-state index contributed by atoms with van der Waals surface area (Å²) in [4.78, 5) is 4.65. The van der Waals surface area contributed by atoms with Crippen molar-refractivity contribution in [3.63, 3.8) is 0 Å². The predicted molar refractivity (Wildman–Crippen MR) is 86.3 cm³/mol. The van der Waals surface area contributed by atoms with E-state index in [1.54, 1.807) is 12.1 Å². The van der Waals surface area contributed by atoms with Crippen molar-refractivity contribution in [2.45, 2.75) is 19.4 Å². The van der Waals surface area contributed by atoms with Gasteiger partial charge in [0.2, 0.25) is 0 Å². The lowest BCUT2D eigenvalue weighted by atomic mass is 10.1. The molecule has 3 rings (SSSR count). The van der Waals surface area contributed by atoms with Gasteiger partial charge in [0.1, 0.15) is 5.82 Å². The zero-order chi connectivity index (χ0) is 15.5. The fourth-order valence-electron chi connectivity index (χ4n) is 2.84. The molecule has 1 unspecified atom stereocenters. The molecule has 22 heavy (non-hydrogen) atoms. The summed E-state index contributed by atoms with van der Waals surface area (Å²) >= 11 is 0. The highest BCUT2D eigenvalue weighted by molar-refractivity contribution is 5.59. The predicted octanol–water partition coefficient (Wildman–Crippen LogP) is 2.81. The van der Waals surface area contributed by atoms with Gasteiger partial charge in [0.15, 0.2) is 5.82 Å². The molecule has 2 heterocycles. The molecule has 1 aromatic heterocycles. The Balaban J connectivity index is 1.71. The van der Waals surface area contributed by atoms with Crippen molar-refractivity contribution in [2.24, 2.45) is 0 Å². The summed E-state index contributed by atoms with van der Waals surface area (Å²) in [6, 6.07) is 10.9. The van der Waals surface area contributed by atoms with Crippen LogP contribution in [0.5, 0.6) is 0 Å². The van der Waals surface area contributed by atoms with Gasteiger partial charge >= 0.3 is 0 Å². The van der Waals surface area contributed by atoms with Crippen LogP contribution in [-0.4, -0.2) is 47.8 Å². The molecule has 0 radical (unpaired) electrons. The number of likely N-dealkylation sites (N-methyl/N-ethyl adjacent to an activating group) is 1. The molecular formula is C17H21FN4. The zero-order valence-electron chi connectivity index (χ0n) is 13.0. The first kappa shape index (κ1) is 14.9. The zero-order valence-corrected chi connectivity index (χ0v) is 13.0. The van der Waals surface area contributed by atoms with E-state index in [2.05, 4.69) is 34.0 Å². The first-order valence-corrected chi connectivity index (χ1v) is 7.72. The van der Waals surface area contributed by atoms with Crippen LogP contribution >= 0.6 is 0 Å². The fraction of sp³-hybridized carbons (Fsp3) is 0.412. The Labute approximate surface area is 130 Å². The van der Waals surface area contributed by atoms with E-state index in [0.29, 0.717) is 6.04 Å². The van der Waals surface area contributed by atoms with Crippen LogP contribution in [0.1, 0.15) is 13.3 Å². The number of anilines is 1. The maximum Gasteiger partial charge on any atom is 0.151 e. The standard InChI is InChI=1S/C17H21FN4/c1-3-21(2)15-10-11-22(12-15)17-9-8-16(19-20-17)13-4-6-14(18)7-5-13/h4-9,15H,3,10-12H2,1-2H3. The molecule has 0 amide bonds. The summed E-state index contributed by atoms with van der Waals surface area (Å²) in [5.41, 5.74) is 1.65. The highest BCUT2D eigenvalue weighted by Crippen LogP contribution is 2.22. The lowest BCUT2D eigenvalue weighted by Gasteiger charge is -2.23. The van der Waals surface area contributed by atoms with E-state index in [0.717, 1.165) is 43.1 Å². The lowest BCUT2D eigenvalue weighted by molar-refractivity contribution is 0.272. The van der Waals surface area contributed by atoms with Crippen LogP contribution in [0.25, 0.3) is 11.3 Å². The van der Waals surface area contributed by atoms with Gasteiger partial charge < -0.3 is 9.80 Å². The maximum absolute atomic E-state index is 13.0. The molecule has 0 aliphatic carbocycles. The summed E-state index contributed by atoms with van der Waals surface area (Å²) < 4.78 is 13.0. The summed E-state index contributed by atoms with van der Waals surface area (Å²) in [7, 11) is 2.16. The molecule has 0 spiro atoms. The van der Waals surface area contributed by atoms with Gasteiger partial charge in [-0.25, -0.2) is 4.39 Å². The van der Waals surface area contributed by atoms with Crippen molar-refractivity contribution in [3.8, 4) is 11.3 Å². The van der Waals surface area contributed by atoms with E-state index < -0.39 is 0 Å². The molecule has 1 aliphatic heterocycles. The summed E-state index contributed by atoms with van der Waals surface area (Å²) in [6.45, 7) is 5.25. The van der Waals surface area contributed by atoms with Gasteiger partial charge in [0.05, 0.1) is 5.69 Å². The van der Waals surface area contributed by atoms with Crippen LogP contribution in [-0.2, 0) is 0 Å². The minimum Gasteiger partial charge on any atom is -0.354 e. The van der Waals surface area contributed by atoms with Gasteiger partial charge in [-0.15, -0.1) is 10.2 Å². The summed E-state index contributed by atoms with van der Waals surface area (Å²) in [5.74, 6) is 0.675. The average molecular weight is 300 g/mol. The Morgan fingerprint density at radius 3 is 2.59 bits per heavy atom. The minimum atomic E-state index is -0.239. The Morgan fingerprint density at radius 2 is 1.95 bits per heavy atom. The van der Waals surface area contributed by atoms with Gasteiger partial charge in [-0.1, -0.05) is 6.92 Å². The summed E-state index contributed by atoms with van der Waals surface area (Å²) in [5, 5.41) is 8.63. The Kier molecular flexibility index (Phi) is 4.34.